The van der Waals surface area contributed by atoms with Crippen LogP contribution in [-0.2, 0) is 38.4 Å². The van der Waals surface area contributed by atoms with Crippen molar-refractivity contribution in [2.75, 3.05) is 45.8 Å². The second kappa shape index (κ2) is 38.8. The van der Waals surface area contributed by atoms with Crippen molar-refractivity contribution in [3.63, 3.8) is 0 Å². The van der Waals surface area contributed by atoms with E-state index in [1.165, 1.54) is 13.8 Å². The summed E-state index contributed by atoms with van der Waals surface area (Å²) in [5.74, 6) is -7.98. The van der Waals surface area contributed by atoms with Gasteiger partial charge in [-0.15, -0.1) is 0 Å². The first-order valence-corrected chi connectivity index (χ1v) is 25.0. The van der Waals surface area contributed by atoms with Gasteiger partial charge in [-0.1, -0.05) is 6.58 Å². The van der Waals surface area contributed by atoms with Gasteiger partial charge in [-0.3, -0.25) is 70.8 Å². The molecule has 0 unspecified atom stereocenters. The molecule has 6 atom stereocenters. The Morgan fingerprint density at radius 2 is 0.558 bits per heavy atom. The molecule has 0 rings (SSSR count). The highest BCUT2D eigenvalue weighted by molar-refractivity contribution is 6.00. The molecule has 77 heavy (non-hydrogen) atoms. The lowest BCUT2D eigenvalue weighted by Gasteiger charge is -2.28. The van der Waals surface area contributed by atoms with Crippen LogP contribution in [0.2, 0.25) is 0 Å². The average Bonchev–Trinajstić information content (AvgIpc) is 3.33. The third-order valence-corrected chi connectivity index (χ3v) is 10.9. The fraction of sp³-hybridized carbons (Fsp3) is 0.636. The maximum Gasteiger partial charge on any atom is 0.243 e. The van der Waals surface area contributed by atoms with E-state index in [4.69, 9.17) is 66.9 Å². The predicted molar refractivity (Wildman–Crippen MR) is 290 cm³/mol. The SMILES string of the molecule is C=C(C)C(=O)CNC(=O)[C@H](CCCNC(=N)N)NC(=O)[C@H](CCCCNC(=N)N)NC(=O)[C@H](CCCNC(=N)N)NC(=O)[C@H](CCCNC(=N)N)NC(=O)[C@H](CCCNC(=N)N)NC(=O)[C@H](CCCNC(=N)N)NC(C)=O. The fourth-order valence-corrected chi connectivity index (χ4v) is 7.00. The van der Waals surface area contributed by atoms with Gasteiger partial charge in [-0.25, -0.2) is 0 Å². The molecule has 0 aromatic rings. The number of nitrogens with two attached hydrogens (primary N) is 6. The lowest BCUT2D eigenvalue weighted by Crippen LogP contribution is -2.60. The molecule has 434 valence electrons. The summed E-state index contributed by atoms with van der Waals surface area (Å²) in [6, 6.07) is -7.97. The van der Waals surface area contributed by atoms with Crippen LogP contribution in [0.5, 0.6) is 0 Å². The molecule has 31 N–H and O–H groups in total. The first-order valence-electron chi connectivity index (χ1n) is 25.0. The van der Waals surface area contributed by atoms with Gasteiger partial charge in [0.05, 0.1) is 6.54 Å². The minimum Gasteiger partial charge on any atom is -0.370 e. The topological polar surface area (TPSA) is 592 Å². The van der Waals surface area contributed by atoms with Crippen LogP contribution in [0.25, 0.3) is 0 Å². The number of amides is 7. The number of unbranched alkanes of at least 4 members (excludes halogenated alkanes) is 1. The Morgan fingerprint density at radius 3 is 0.792 bits per heavy atom. The highest BCUT2D eigenvalue weighted by atomic mass is 16.2. The van der Waals surface area contributed by atoms with Gasteiger partial charge in [0, 0.05) is 46.2 Å². The van der Waals surface area contributed by atoms with Crippen molar-refractivity contribution in [1.29, 1.82) is 32.5 Å². The van der Waals surface area contributed by atoms with Crippen LogP contribution in [0.3, 0.4) is 0 Å². The number of nitrogens with one attached hydrogen (secondary N) is 19. The molecule has 33 nitrogen and oxygen atoms in total. The van der Waals surface area contributed by atoms with Crippen LogP contribution in [0.1, 0.15) is 97.3 Å². The minimum absolute atomic E-state index is 0.00511. The van der Waals surface area contributed by atoms with Crippen molar-refractivity contribution < 1.29 is 38.4 Å². The molecule has 0 aromatic heterocycles. The maximum absolute atomic E-state index is 14.4. The number of hydrogen-bond donors (Lipinski definition) is 25. The summed E-state index contributed by atoms with van der Waals surface area (Å²) in [6.07, 6.45) is 1.24. The zero-order valence-electron chi connectivity index (χ0n) is 44.0. The van der Waals surface area contributed by atoms with Gasteiger partial charge < -0.3 is 104 Å². The molecule has 0 radical (unpaired) electrons. The summed E-state index contributed by atoms with van der Waals surface area (Å²) >= 11 is 0. The average molecular weight is 1090 g/mol. The summed E-state index contributed by atoms with van der Waals surface area (Å²) in [4.78, 5) is 109. The van der Waals surface area contributed by atoms with Crippen molar-refractivity contribution >= 4 is 82.9 Å². The number of hydrogen-bond acceptors (Lipinski definition) is 14. The second-order valence-electron chi connectivity index (χ2n) is 17.7. The van der Waals surface area contributed by atoms with Crippen LogP contribution in [0.15, 0.2) is 12.2 Å². The van der Waals surface area contributed by atoms with E-state index in [9.17, 15) is 38.4 Å². The molecule has 0 aliphatic rings. The largest absolute Gasteiger partial charge is 0.370 e. The van der Waals surface area contributed by atoms with E-state index in [0.29, 0.717) is 6.42 Å². The normalized spacial score (nSPS) is 12.8. The zero-order chi connectivity index (χ0) is 58.5. The molecule has 0 aliphatic carbocycles. The van der Waals surface area contributed by atoms with Gasteiger partial charge in [0.2, 0.25) is 41.4 Å². The van der Waals surface area contributed by atoms with Gasteiger partial charge in [-0.2, -0.15) is 0 Å². The molecular weight excluding hydrogens is 1010 g/mol. The molecule has 0 aliphatic heterocycles. The Morgan fingerprint density at radius 1 is 0.338 bits per heavy atom. The van der Waals surface area contributed by atoms with E-state index in [-0.39, 0.29) is 158 Å². The number of carbonyl (C=O) groups is 8. The van der Waals surface area contributed by atoms with E-state index < -0.39 is 89.9 Å². The summed E-state index contributed by atoms with van der Waals surface area (Å²) in [6.45, 7) is 6.63. The molecule has 0 spiro atoms. The lowest BCUT2D eigenvalue weighted by atomic mass is 10.0. The summed E-state index contributed by atoms with van der Waals surface area (Å²) in [5.41, 5.74) is 32.8. The van der Waals surface area contributed by atoms with E-state index in [0.717, 1.165) is 0 Å². The Hall–Kier alpha value is -8.68. The first kappa shape index (κ1) is 68.3. The van der Waals surface area contributed by atoms with Crippen LogP contribution in [0, 0.1) is 32.5 Å². The van der Waals surface area contributed by atoms with Crippen molar-refractivity contribution in [3.8, 4) is 0 Å². The van der Waals surface area contributed by atoms with Gasteiger partial charge in [0.25, 0.3) is 0 Å². The van der Waals surface area contributed by atoms with Crippen molar-refractivity contribution in [1.82, 2.24) is 69.1 Å². The van der Waals surface area contributed by atoms with Gasteiger partial charge in [-0.05, 0) is 96.0 Å². The Bertz CT molecular complexity index is 2060. The van der Waals surface area contributed by atoms with Gasteiger partial charge in [0.15, 0.2) is 41.5 Å². The van der Waals surface area contributed by atoms with Gasteiger partial charge >= 0.3 is 0 Å². The molecule has 0 bridgehead atoms. The highest BCUT2D eigenvalue weighted by Gasteiger charge is 2.33. The summed E-state index contributed by atoms with van der Waals surface area (Å²) in [5, 5.41) is 78.9. The van der Waals surface area contributed by atoms with Crippen LogP contribution < -0.4 is 104 Å². The highest BCUT2D eigenvalue weighted by Crippen LogP contribution is 2.10. The van der Waals surface area contributed by atoms with Crippen molar-refractivity contribution in [3.05, 3.63) is 12.2 Å². The molecule has 7 amide bonds. The monoisotopic (exact) mass is 1090 g/mol. The van der Waals surface area contributed by atoms with Crippen molar-refractivity contribution in [2.24, 2.45) is 34.4 Å². The minimum atomic E-state index is -1.44. The van der Waals surface area contributed by atoms with Gasteiger partial charge in [0.1, 0.15) is 36.3 Å². The number of ketones is 1. The smallest absolute Gasteiger partial charge is 0.243 e. The van der Waals surface area contributed by atoms with E-state index in [2.05, 4.69) is 75.7 Å². The number of Topliss-reactive ketones (excluding diaryl/α,β-unsaturated/α-hetero) is 1. The molecule has 0 saturated carbocycles. The molecule has 33 heteroatoms. The quantitative estimate of drug-likeness (QED) is 0.0117. The Balaban J connectivity index is 7.13. The standard InChI is InChI=1S/C44H85N25O8/c1-24(2)32(71)23-63-33(72)26(12-6-18-58-40(47)48)65-35(74)28(11-4-5-17-57-39(45)46)66-36(75)30(15-9-21-61-43(53)54)68-38(77)31(16-10-22-62-44(55)56)69-37(76)29(14-8-20-60-42(51)52)67-34(73)27(64-25(3)70)13-7-19-59-41(49)50/h26-31H,1,4-23H2,2-3H3,(H,63,72)(H,64,70)(H,65,74)(H,66,75)(H,67,73)(H,68,77)(H,69,76)(H4,45,46,57)(H4,47,48,58)(H4,49,50,59)(H4,51,52,60)(H4,53,54,61)(H4,55,56,62)/t26-,27-,28-,29-,30-,31-/m0/s1. The van der Waals surface area contributed by atoms with Crippen LogP contribution in [-0.4, -0.2) is 165 Å². The zero-order valence-corrected chi connectivity index (χ0v) is 44.0. The van der Waals surface area contributed by atoms with E-state index >= 15 is 0 Å². The fourth-order valence-electron chi connectivity index (χ4n) is 7.00. The first-order chi connectivity index (χ1) is 36.2. The molecule has 0 aromatic carbocycles. The molecule has 0 fully saturated rings. The maximum atomic E-state index is 14.4. The number of carbonyl (C=O) groups excluding carboxylic acids is 8. The van der Waals surface area contributed by atoms with E-state index in [1.807, 2.05) is 0 Å². The third-order valence-electron chi connectivity index (χ3n) is 10.9. The second-order valence-corrected chi connectivity index (χ2v) is 17.7. The molecular formula is C44H85N25O8. The Labute approximate surface area is 447 Å². The number of guanidine groups is 6. The van der Waals surface area contributed by atoms with Crippen LogP contribution >= 0.6 is 0 Å². The summed E-state index contributed by atoms with van der Waals surface area (Å²) < 4.78 is 0. The van der Waals surface area contributed by atoms with Crippen molar-refractivity contribution in [2.45, 2.75) is 134 Å². The van der Waals surface area contributed by atoms with Crippen LogP contribution in [0.4, 0.5) is 0 Å². The lowest BCUT2D eigenvalue weighted by molar-refractivity contribution is -0.135. The number of rotatable bonds is 40. The Kier molecular flexibility index (Phi) is 34.5. The molecule has 0 heterocycles. The summed E-state index contributed by atoms with van der Waals surface area (Å²) in [7, 11) is 0. The third kappa shape index (κ3) is 34.4. The molecule has 0 saturated heterocycles. The van der Waals surface area contributed by atoms with E-state index in [1.54, 1.807) is 0 Å². The predicted octanol–water partition coefficient (Wildman–Crippen LogP) is -6.85.